The van der Waals surface area contributed by atoms with Crippen molar-refractivity contribution in [2.24, 2.45) is 0 Å². The summed E-state index contributed by atoms with van der Waals surface area (Å²) in [6.45, 7) is 5.54. The molecule has 30 heavy (non-hydrogen) atoms. The van der Waals surface area contributed by atoms with Crippen molar-refractivity contribution in [1.82, 2.24) is 0 Å². The van der Waals surface area contributed by atoms with Crippen LogP contribution in [0.1, 0.15) is 16.7 Å². The van der Waals surface area contributed by atoms with E-state index in [0.717, 1.165) is 11.1 Å². The van der Waals surface area contributed by atoms with Gasteiger partial charge >= 0.3 is 0 Å². The van der Waals surface area contributed by atoms with Gasteiger partial charge in [-0.1, -0.05) is 24.3 Å². The molecule has 156 valence electrons. The lowest BCUT2D eigenvalue weighted by molar-refractivity contribution is -0.118. The molecule has 0 unspecified atom stereocenters. The summed E-state index contributed by atoms with van der Waals surface area (Å²) in [5.74, 6) is 0.156. The van der Waals surface area contributed by atoms with E-state index in [2.05, 4.69) is 10.0 Å². The molecule has 3 aromatic carbocycles. The highest BCUT2D eigenvalue weighted by atomic mass is 32.2. The third kappa shape index (κ3) is 5.39. The van der Waals surface area contributed by atoms with Crippen LogP contribution in [0, 0.1) is 20.8 Å². The summed E-state index contributed by atoms with van der Waals surface area (Å²) in [6, 6.07) is 18.9. The Morgan fingerprint density at radius 3 is 2.23 bits per heavy atom. The number of hydrogen-bond donors (Lipinski definition) is 2. The maximum absolute atomic E-state index is 12.6. The molecule has 0 atom stereocenters. The van der Waals surface area contributed by atoms with Gasteiger partial charge < -0.3 is 10.1 Å². The number of nitrogens with one attached hydrogen (secondary N) is 2. The largest absolute Gasteiger partial charge is 0.483 e. The molecule has 3 aromatic rings. The highest BCUT2D eigenvalue weighted by Gasteiger charge is 2.16. The summed E-state index contributed by atoms with van der Waals surface area (Å²) in [4.78, 5) is 12.3. The molecule has 0 aromatic heterocycles. The Hall–Kier alpha value is -3.32. The van der Waals surface area contributed by atoms with Gasteiger partial charge in [0.1, 0.15) is 5.75 Å². The summed E-state index contributed by atoms with van der Waals surface area (Å²) >= 11 is 0. The third-order valence-electron chi connectivity index (χ3n) is 4.63. The van der Waals surface area contributed by atoms with Gasteiger partial charge in [0.25, 0.3) is 15.9 Å². The van der Waals surface area contributed by atoms with Crippen molar-refractivity contribution in [3.05, 3.63) is 83.4 Å². The molecule has 0 spiro atoms. The summed E-state index contributed by atoms with van der Waals surface area (Å²) in [7, 11) is -3.72. The minimum absolute atomic E-state index is 0.121. The van der Waals surface area contributed by atoms with Gasteiger partial charge in [-0.3, -0.25) is 9.52 Å². The summed E-state index contributed by atoms with van der Waals surface area (Å²) in [5.41, 5.74) is 4.04. The molecule has 3 rings (SSSR count). The van der Waals surface area contributed by atoms with Gasteiger partial charge in [-0.15, -0.1) is 0 Å². The molecule has 0 heterocycles. The smallest absolute Gasteiger partial charge is 0.262 e. The van der Waals surface area contributed by atoms with Crippen LogP contribution < -0.4 is 14.8 Å². The van der Waals surface area contributed by atoms with Crippen LogP contribution in [0.2, 0.25) is 0 Å². The molecular formula is C23H24N2O4S. The molecule has 2 N–H and O–H groups in total. The van der Waals surface area contributed by atoms with E-state index in [1.807, 2.05) is 38.1 Å². The lowest BCUT2D eigenvalue weighted by Crippen LogP contribution is -2.20. The minimum Gasteiger partial charge on any atom is -0.483 e. The fourth-order valence-corrected chi connectivity index (χ4v) is 3.97. The van der Waals surface area contributed by atoms with E-state index in [4.69, 9.17) is 4.74 Å². The number of rotatable bonds is 7. The molecule has 0 aliphatic rings. The number of carbonyl (C=O) groups excluding carboxylic acids is 1. The standard InChI is InChI=1S/C23H24N2O4S/c1-16-9-10-20(13-17(16)2)24-23(26)15-29-22-12-11-21(14-18(22)3)30(27,28)25-19-7-5-4-6-8-19/h4-14,25H,15H2,1-3H3,(H,24,26). The zero-order valence-corrected chi connectivity index (χ0v) is 17.9. The SMILES string of the molecule is Cc1ccc(NC(=O)COc2ccc(S(=O)(=O)Nc3ccccc3)cc2C)cc1C. The zero-order valence-electron chi connectivity index (χ0n) is 17.1. The number of carbonyl (C=O) groups is 1. The van der Waals surface area contributed by atoms with Crippen LogP contribution in [-0.4, -0.2) is 20.9 Å². The molecule has 0 saturated heterocycles. The topological polar surface area (TPSA) is 84.5 Å². The van der Waals surface area contributed by atoms with E-state index in [1.54, 1.807) is 37.3 Å². The van der Waals surface area contributed by atoms with Gasteiger partial charge in [-0.05, 0) is 79.9 Å². The fourth-order valence-electron chi connectivity index (χ4n) is 2.83. The summed E-state index contributed by atoms with van der Waals surface area (Å²) in [5, 5.41) is 2.79. The van der Waals surface area contributed by atoms with Crippen LogP contribution in [0.5, 0.6) is 5.75 Å². The van der Waals surface area contributed by atoms with E-state index in [0.29, 0.717) is 22.7 Å². The number of ether oxygens (including phenoxy) is 1. The summed E-state index contributed by atoms with van der Waals surface area (Å²) < 4.78 is 33.3. The zero-order chi connectivity index (χ0) is 21.7. The normalized spacial score (nSPS) is 11.0. The molecule has 0 aliphatic heterocycles. The second kappa shape index (κ2) is 9.00. The maximum Gasteiger partial charge on any atom is 0.262 e. The van der Waals surface area contributed by atoms with Crippen LogP contribution in [0.4, 0.5) is 11.4 Å². The second-order valence-electron chi connectivity index (χ2n) is 7.03. The Morgan fingerprint density at radius 2 is 1.57 bits per heavy atom. The molecule has 7 heteroatoms. The van der Waals surface area contributed by atoms with E-state index in [1.165, 1.54) is 12.1 Å². The first-order valence-corrected chi connectivity index (χ1v) is 10.9. The lowest BCUT2D eigenvalue weighted by Gasteiger charge is -2.13. The minimum atomic E-state index is -3.72. The van der Waals surface area contributed by atoms with Crippen LogP contribution in [0.25, 0.3) is 0 Å². The number of aryl methyl sites for hydroxylation is 3. The van der Waals surface area contributed by atoms with Crippen molar-refractivity contribution < 1.29 is 17.9 Å². The maximum atomic E-state index is 12.6. The van der Waals surface area contributed by atoms with Crippen LogP contribution in [0.3, 0.4) is 0 Å². The Morgan fingerprint density at radius 1 is 0.833 bits per heavy atom. The quantitative estimate of drug-likeness (QED) is 0.588. The highest BCUT2D eigenvalue weighted by molar-refractivity contribution is 7.92. The van der Waals surface area contributed by atoms with Crippen molar-refractivity contribution >= 4 is 27.3 Å². The molecular weight excluding hydrogens is 400 g/mol. The third-order valence-corrected chi connectivity index (χ3v) is 6.01. The van der Waals surface area contributed by atoms with Crippen molar-refractivity contribution in [1.29, 1.82) is 0 Å². The van der Waals surface area contributed by atoms with E-state index in [9.17, 15) is 13.2 Å². The summed E-state index contributed by atoms with van der Waals surface area (Å²) in [6.07, 6.45) is 0. The number of anilines is 2. The van der Waals surface area contributed by atoms with E-state index in [-0.39, 0.29) is 17.4 Å². The van der Waals surface area contributed by atoms with Gasteiger partial charge in [0.15, 0.2) is 6.61 Å². The predicted molar refractivity (Wildman–Crippen MR) is 118 cm³/mol. The second-order valence-corrected chi connectivity index (χ2v) is 8.72. The number of sulfonamides is 1. The molecule has 0 bridgehead atoms. The van der Waals surface area contributed by atoms with Crippen molar-refractivity contribution in [3.8, 4) is 5.75 Å². The number of benzene rings is 3. The Bertz CT molecular complexity index is 1160. The average molecular weight is 425 g/mol. The Kier molecular flexibility index (Phi) is 6.42. The fraction of sp³-hybridized carbons (Fsp3) is 0.174. The van der Waals surface area contributed by atoms with E-state index < -0.39 is 10.0 Å². The number of hydrogen-bond acceptors (Lipinski definition) is 4. The first-order valence-electron chi connectivity index (χ1n) is 9.43. The van der Waals surface area contributed by atoms with Gasteiger partial charge in [0.2, 0.25) is 0 Å². The molecule has 0 aliphatic carbocycles. The van der Waals surface area contributed by atoms with Gasteiger partial charge in [0.05, 0.1) is 4.90 Å². The van der Waals surface area contributed by atoms with Crippen LogP contribution >= 0.6 is 0 Å². The molecule has 6 nitrogen and oxygen atoms in total. The number of amides is 1. The lowest BCUT2D eigenvalue weighted by atomic mass is 10.1. The molecule has 0 saturated carbocycles. The predicted octanol–water partition coefficient (Wildman–Crippen LogP) is 4.43. The monoisotopic (exact) mass is 424 g/mol. The first kappa shape index (κ1) is 21.4. The van der Waals surface area contributed by atoms with Crippen molar-refractivity contribution in [2.75, 3.05) is 16.6 Å². The van der Waals surface area contributed by atoms with Gasteiger partial charge in [0, 0.05) is 11.4 Å². The molecule has 1 amide bonds. The first-order chi connectivity index (χ1) is 14.2. The van der Waals surface area contributed by atoms with Crippen molar-refractivity contribution in [3.63, 3.8) is 0 Å². The average Bonchev–Trinajstić information content (AvgIpc) is 2.70. The molecule has 0 fully saturated rings. The Balaban J connectivity index is 1.63. The van der Waals surface area contributed by atoms with Gasteiger partial charge in [-0.25, -0.2) is 8.42 Å². The number of para-hydroxylation sites is 1. The van der Waals surface area contributed by atoms with Crippen LogP contribution in [0.15, 0.2) is 71.6 Å². The van der Waals surface area contributed by atoms with E-state index >= 15 is 0 Å². The van der Waals surface area contributed by atoms with Crippen molar-refractivity contribution in [2.45, 2.75) is 25.7 Å². The molecule has 0 radical (unpaired) electrons. The Labute approximate surface area is 177 Å². The highest BCUT2D eigenvalue weighted by Crippen LogP contribution is 2.23. The van der Waals surface area contributed by atoms with Crippen LogP contribution in [-0.2, 0) is 14.8 Å². The van der Waals surface area contributed by atoms with Gasteiger partial charge in [-0.2, -0.15) is 0 Å².